The van der Waals surface area contributed by atoms with Crippen LogP contribution in [0.4, 0.5) is 0 Å². The van der Waals surface area contributed by atoms with Gasteiger partial charge in [0.2, 0.25) is 0 Å². The Labute approximate surface area is 110 Å². The van der Waals surface area contributed by atoms with E-state index in [9.17, 15) is 0 Å². The van der Waals surface area contributed by atoms with Crippen LogP contribution in [-0.2, 0) is 0 Å². The molecule has 3 N–H and O–H groups in total. The van der Waals surface area contributed by atoms with Gasteiger partial charge in [-0.05, 0) is 48.1 Å². The summed E-state index contributed by atoms with van der Waals surface area (Å²) in [6, 6.07) is 2.17. The van der Waals surface area contributed by atoms with Gasteiger partial charge >= 0.3 is 0 Å². The molecule has 16 heavy (non-hydrogen) atoms. The van der Waals surface area contributed by atoms with Gasteiger partial charge in [0.25, 0.3) is 0 Å². The van der Waals surface area contributed by atoms with Crippen LogP contribution in [0.1, 0.15) is 30.2 Å². The summed E-state index contributed by atoms with van der Waals surface area (Å²) in [4.78, 5) is 1.18. The molecule has 0 saturated carbocycles. The lowest BCUT2D eigenvalue weighted by Gasteiger charge is -2.25. The second-order valence-electron chi connectivity index (χ2n) is 4.14. The molecule has 0 amide bonds. The van der Waals surface area contributed by atoms with E-state index < -0.39 is 0 Å². The summed E-state index contributed by atoms with van der Waals surface area (Å²) < 4.78 is 0. The minimum Gasteiger partial charge on any atom is -0.271 e. The van der Waals surface area contributed by atoms with Crippen molar-refractivity contribution >= 4 is 34.7 Å². The number of halogens is 1. The van der Waals surface area contributed by atoms with Crippen molar-refractivity contribution in [2.24, 2.45) is 11.8 Å². The van der Waals surface area contributed by atoms with Gasteiger partial charge in [0.05, 0.1) is 11.1 Å². The summed E-state index contributed by atoms with van der Waals surface area (Å²) in [6.07, 6.45) is 3.73. The predicted octanol–water partition coefficient (Wildman–Crippen LogP) is 3.44. The molecule has 1 aliphatic rings. The molecule has 2 rings (SSSR count). The van der Waals surface area contributed by atoms with Crippen LogP contribution in [0.3, 0.4) is 0 Å². The highest BCUT2D eigenvalue weighted by molar-refractivity contribution is 7.99. The van der Waals surface area contributed by atoms with Crippen LogP contribution in [-0.4, -0.2) is 11.5 Å². The topological polar surface area (TPSA) is 38.0 Å². The molecule has 1 atom stereocenters. The molecular formula is C11H17ClN2S2. The van der Waals surface area contributed by atoms with Crippen molar-refractivity contribution in [3.63, 3.8) is 0 Å². The molecule has 1 aromatic heterocycles. The standard InChI is InChI=1S/C11H17ClN2S2/c12-9-3-6-16-11(9)10(14-13)7-8-1-4-15-5-2-8/h3,6,8,10,14H,1-2,4-5,7,13H2. The molecule has 2 nitrogen and oxygen atoms in total. The lowest BCUT2D eigenvalue weighted by Crippen LogP contribution is -2.30. The van der Waals surface area contributed by atoms with Crippen molar-refractivity contribution < 1.29 is 0 Å². The molecule has 2 heterocycles. The first kappa shape index (κ1) is 12.7. The lowest BCUT2D eigenvalue weighted by atomic mass is 9.94. The Kier molecular flexibility index (Phi) is 4.97. The predicted molar refractivity (Wildman–Crippen MR) is 74.1 cm³/mol. The summed E-state index contributed by atoms with van der Waals surface area (Å²) in [5.41, 5.74) is 2.91. The van der Waals surface area contributed by atoms with Crippen LogP contribution in [0.2, 0.25) is 5.02 Å². The van der Waals surface area contributed by atoms with E-state index in [1.807, 2.05) is 11.4 Å². The minimum absolute atomic E-state index is 0.223. The van der Waals surface area contributed by atoms with Crippen molar-refractivity contribution in [3.05, 3.63) is 21.3 Å². The summed E-state index contributed by atoms with van der Waals surface area (Å²) in [5.74, 6) is 9.02. The fraction of sp³-hybridized carbons (Fsp3) is 0.636. The first-order valence-electron chi connectivity index (χ1n) is 5.58. The second-order valence-corrected chi connectivity index (χ2v) is 6.72. The number of nitrogens with two attached hydrogens (primary N) is 1. The van der Waals surface area contributed by atoms with E-state index >= 15 is 0 Å². The number of hydrazine groups is 1. The van der Waals surface area contributed by atoms with Crippen molar-refractivity contribution in [3.8, 4) is 0 Å². The maximum absolute atomic E-state index is 6.14. The van der Waals surface area contributed by atoms with Gasteiger partial charge in [-0.2, -0.15) is 11.8 Å². The van der Waals surface area contributed by atoms with Gasteiger partial charge in [0, 0.05) is 4.88 Å². The third kappa shape index (κ3) is 3.14. The molecule has 0 aromatic carbocycles. The smallest absolute Gasteiger partial charge is 0.0570 e. The summed E-state index contributed by atoms with van der Waals surface area (Å²) in [5, 5.41) is 2.87. The second kappa shape index (κ2) is 6.26. The zero-order valence-electron chi connectivity index (χ0n) is 9.12. The van der Waals surface area contributed by atoms with Gasteiger partial charge < -0.3 is 0 Å². The lowest BCUT2D eigenvalue weighted by molar-refractivity contribution is 0.377. The third-order valence-corrected chi connectivity index (χ3v) is 5.59. The normalized spacial score (nSPS) is 19.9. The minimum atomic E-state index is 0.223. The van der Waals surface area contributed by atoms with E-state index in [1.54, 1.807) is 11.3 Å². The molecule has 1 unspecified atom stereocenters. The Morgan fingerprint density at radius 2 is 2.25 bits per heavy atom. The Morgan fingerprint density at radius 3 is 2.81 bits per heavy atom. The molecular weight excluding hydrogens is 260 g/mol. The van der Waals surface area contributed by atoms with E-state index in [0.29, 0.717) is 0 Å². The fourth-order valence-electron chi connectivity index (χ4n) is 2.12. The van der Waals surface area contributed by atoms with Crippen molar-refractivity contribution in [2.75, 3.05) is 11.5 Å². The van der Waals surface area contributed by atoms with Crippen LogP contribution in [0.25, 0.3) is 0 Å². The molecule has 0 aliphatic carbocycles. The van der Waals surface area contributed by atoms with Gasteiger partial charge in [0.1, 0.15) is 0 Å². The maximum atomic E-state index is 6.14. The number of thioether (sulfide) groups is 1. The largest absolute Gasteiger partial charge is 0.271 e. The van der Waals surface area contributed by atoms with Crippen LogP contribution >= 0.6 is 34.7 Å². The highest BCUT2D eigenvalue weighted by atomic mass is 35.5. The summed E-state index contributed by atoms with van der Waals surface area (Å²) in [7, 11) is 0. The van der Waals surface area contributed by atoms with Gasteiger partial charge in [0.15, 0.2) is 0 Å². The molecule has 1 aromatic rings. The molecule has 5 heteroatoms. The Balaban J connectivity index is 1.97. The van der Waals surface area contributed by atoms with Crippen LogP contribution in [0, 0.1) is 5.92 Å². The van der Waals surface area contributed by atoms with Crippen molar-refractivity contribution in [2.45, 2.75) is 25.3 Å². The SMILES string of the molecule is NNC(CC1CCSCC1)c1sccc1Cl. The molecule has 0 bridgehead atoms. The number of nitrogens with one attached hydrogen (secondary N) is 1. The molecule has 1 saturated heterocycles. The quantitative estimate of drug-likeness (QED) is 0.654. The fourth-order valence-corrected chi connectivity index (χ4v) is 4.59. The van der Waals surface area contributed by atoms with Crippen LogP contribution in [0.5, 0.6) is 0 Å². The first-order chi connectivity index (χ1) is 7.81. The van der Waals surface area contributed by atoms with E-state index in [-0.39, 0.29) is 6.04 Å². The Bertz CT molecular complexity index is 324. The molecule has 0 radical (unpaired) electrons. The van der Waals surface area contributed by atoms with Gasteiger partial charge in [-0.15, -0.1) is 11.3 Å². The molecule has 1 fully saturated rings. The zero-order chi connectivity index (χ0) is 11.4. The van der Waals surface area contributed by atoms with E-state index in [2.05, 4.69) is 17.2 Å². The average molecular weight is 277 g/mol. The van der Waals surface area contributed by atoms with Gasteiger partial charge in [-0.25, -0.2) is 0 Å². The summed E-state index contributed by atoms with van der Waals surface area (Å²) in [6.45, 7) is 0. The Morgan fingerprint density at radius 1 is 1.50 bits per heavy atom. The van der Waals surface area contributed by atoms with Crippen LogP contribution < -0.4 is 11.3 Å². The van der Waals surface area contributed by atoms with Gasteiger partial charge in [-0.1, -0.05) is 11.6 Å². The average Bonchev–Trinajstić information content (AvgIpc) is 2.74. The van der Waals surface area contributed by atoms with Crippen molar-refractivity contribution in [1.29, 1.82) is 0 Å². The third-order valence-electron chi connectivity index (χ3n) is 3.07. The van der Waals surface area contributed by atoms with Gasteiger partial charge in [-0.3, -0.25) is 11.3 Å². The zero-order valence-corrected chi connectivity index (χ0v) is 11.5. The number of hydrogen-bond acceptors (Lipinski definition) is 4. The number of thiophene rings is 1. The van der Waals surface area contributed by atoms with E-state index in [0.717, 1.165) is 17.4 Å². The molecule has 90 valence electrons. The highest BCUT2D eigenvalue weighted by Crippen LogP contribution is 2.35. The monoisotopic (exact) mass is 276 g/mol. The molecule has 1 aliphatic heterocycles. The maximum Gasteiger partial charge on any atom is 0.0570 e. The van der Waals surface area contributed by atoms with E-state index in [4.69, 9.17) is 17.4 Å². The number of hydrogen-bond donors (Lipinski definition) is 2. The highest BCUT2D eigenvalue weighted by Gasteiger charge is 2.21. The van der Waals surface area contributed by atoms with Crippen LogP contribution in [0.15, 0.2) is 11.4 Å². The first-order valence-corrected chi connectivity index (χ1v) is 7.99. The summed E-state index contributed by atoms with van der Waals surface area (Å²) >= 11 is 9.89. The Hall–Kier alpha value is 0.260. The molecule has 0 spiro atoms. The number of rotatable bonds is 4. The van der Waals surface area contributed by atoms with Crippen molar-refractivity contribution in [1.82, 2.24) is 5.43 Å². The van der Waals surface area contributed by atoms with E-state index in [1.165, 1.54) is 29.2 Å².